The zero-order chi connectivity index (χ0) is 21.5. The van der Waals surface area contributed by atoms with Gasteiger partial charge in [0.1, 0.15) is 11.5 Å². The Bertz CT molecular complexity index is 1050. The van der Waals surface area contributed by atoms with E-state index >= 15 is 0 Å². The first-order chi connectivity index (χ1) is 14.5. The monoisotopic (exact) mass is 404 g/mol. The van der Waals surface area contributed by atoms with E-state index in [1.54, 1.807) is 48.5 Å². The Labute approximate surface area is 174 Å². The molecule has 0 aliphatic carbocycles. The molecule has 0 bridgehead atoms. The number of methoxy groups -OCH3 is 1. The maximum absolute atomic E-state index is 12.3. The molecule has 0 radical (unpaired) electrons. The topological polar surface area (TPSA) is 78.9 Å². The Balaban J connectivity index is 1.56. The molecule has 0 aromatic heterocycles. The van der Waals surface area contributed by atoms with E-state index in [1.807, 2.05) is 6.92 Å². The molecule has 152 valence electrons. The Kier molecular flexibility index (Phi) is 6.60. The molecule has 0 spiro atoms. The van der Waals surface area contributed by atoms with Crippen LogP contribution in [-0.4, -0.2) is 31.4 Å². The summed E-state index contributed by atoms with van der Waals surface area (Å²) in [4.78, 5) is 36.5. The van der Waals surface area contributed by atoms with Crippen molar-refractivity contribution in [3.8, 4) is 11.5 Å². The number of esters is 2. The van der Waals surface area contributed by atoms with Crippen molar-refractivity contribution in [1.82, 2.24) is 0 Å². The highest BCUT2D eigenvalue weighted by atomic mass is 16.5. The van der Waals surface area contributed by atoms with Crippen LogP contribution < -0.4 is 9.47 Å². The van der Waals surface area contributed by atoms with Gasteiger partial charge in [-0.15, -0.1) is 0 Å². The lowest BCUT2D eigenvalue weighted by Crippen LogP contribution is -2.14. The molecule has 0 heterocycles. The summed E-state index contributed by atoms with van der Waals surface area (Å²) < 4.78 is 15.5. The van der Waals surface area contributed by atoms with Crippen LogP contribution >= 0.6 is 0 Å². The molecule has 0 saturated heterocycles. The lowest BCUT2D eigenvalue weighted by atomic mass is 10.1. The van der Waals surface area contributed by atoms with Gasteiger partial charge >= 0.3 is 11.9 Å². The number of hydrogen-bond acceptors (Lipinski definition) is 6. The average Bonchev–Trinajstić information content (AvgIpc) is 2.78. The zero-order valence-corrected chi connectivity index (χ0v) is 16.6. The number of aryl methyl sites for hydroxylation is 1. The number of carbonyl (C=O) groups is 3. The Morgan fingerprint density at radius 2 is 1.40 bits per heavy atom. The molecular weight excluding hydrogens is 384 g/mol. The van der Waals surface area contributed by atoms with Gasteiger partial charge in [-0.2, -0.15) is 0 Å². The van der Waals surface area contributed by atoms with Crippen LogP contribution in [0.4, 0.5) is 0 Å². The van der Waals surface area contributed by atoms with Gasteiger partial charge in [0, 0.05) is 5.56 Å². The number of ether oxygens (including phenoxy) is 3. The fraction of sp³-hybridized carbons (Fsp3) is 0.125. The molecule has 30 heavy (non-hydrogen) atoms. The number of Topliss-reactive ketones (excluding diaryl/α,β-unsaturated/α-hetero) is 1. The van der Waals surface area contributed by atoms with Crippen molar-refractivity contribution in [3.63, 3.8) is 0 Å². The minimum Gasteiger partial charge on any atom is -0.497 e. The molecule has 0 saturated carbocycles. The van der Waals surface area contributed by atoms with E-state index < -0.39 is 11.9 Å². The van der Waals surface area contributed by atoms with Crippen LogP contribution in [-0.2, 0) is 4.74 Å². The van der Waals surface area contributed by atoms with Crippen LogP contribution in [0.3, 0.4) is 0 Å². The molecular formula is C24H20O6. The summed E-state index contributed by atoms with van der Waals surface area (Å²) in [6.07, 6.45) is 0. The molecule has 0 amide bonds. The van der Waals surface area contributed by atoms with Crippen molar-refractivity contribution >= 4 is 17.7 Å². The van der Waals surface area contributed by atoms with E-state index in [1.165, 1.54) is 31.4 Å². The summed E-state index contributed by atoms with van der Waals surface area (Å²) >= 11 is 0. The van der Waals surface area contributed by atoms with Crippen LogP contribution in [0.2, 0.25) is 0 Å². The van der Waals surface area contributed by atoms with E-state index in [4.69, 9.17) is 14.2 Å². The number of ketones is 1. The maximum atomic E-state index is 12.3. The molecule has 0 N–H and O–H groups in total. The third-order valence-corrected chi connectivity index (χ3v) is 4.31. The van der Waals surface area contributed by atoms with Gasteiger partial charge in [0.15, 0.2) is 12.4 Å². The fourth-order valence-corrected chi connectivity index (χ4v) is 2.61. The highest BCUT2D eigenvalue weighted by molar-refractivity contribution is 5.99. The third-order valence-electron chi connectivity index (χ3n) is 4.31. The summed E-state index contributed by atoms with van der Waals surface area (Å²) in [6, 6.07) is 19.5. The molecule has 0 unspecified atom stereocenters. The lowest BCUT2D eigenvalue weighted by molar-refractivity contribution is 0.0474. The number of benzene rings is 3. The first-order valence-corrected chi connectivity index (χ1v) is 9.19. The van der Waals surface area contributed by atoms with E-state index in [0.29, 0.717) is 22.4 Å². The van der Waals surface area contributed by atoms with Crippen molar-refractivity contribution in [2.24, 2.45) is 0 Å². The number of carbonyl (C=O) groups excluding carboxylic acids is 3. The van der Waals surface area contributed by atoms with Gasteiger partial charge in [-0.25, -0.2) is 9.59 Å². The molecule has 3 aromatic rings. The second kappa shape index (κ2) is 9.52. The van der Waals surface area contributed by atoms with Gasteiger partial charge in [0.25, 0.3) is 0 Å². The van der Waals surface area contributed by atoms with E-state index in [2.05, 4.69) is 0 Å². The summed E-state index contributed by atoms with van der Waals surface area (Å²) in [7, 11) is 1.51. The molecule has 3 aromatic carbocycles. The molecule has 0 atom stereocenters. The van der Waals surface area contributed by atoms with Crippen LogP contribution in [0.1, 0.15) is 36.6 Å². The van der Waals surface area contributed by atoms with E-state index in [0.717, 1.165) is 5.56 Å². The summed E-state index contributed by atoms with van der Waals surface area (Å²) in [5.74, 6) is -0.630. The van der Waals surface area contributed by atoms with Gasteiger partial charge in [0.05, 0.1) is 18.2 Å². The van der Waals surface area contributed by atoms with Crippen LogP contribution in [0, 0.1) is 6.92 Å². The number of rotatable bonds is 7. The van der Waals surface area contributed by atoms with E-state index in [-0.39, 0.29) is 18.1 Å². The molecule has 6 heteroatoms. The highest BCUT2D eigenvalue weighted by Crippen LogP contribution is 2.17. The Hall–Kier alpha value is -3.93. The Morgan fingerprint density at radius 3 is 2.07 bits per heavy atom. The van der Waals surface area contributed by atoms with E-state index in [9.17, 15) is 14.4 Å². The minimum atomic E-state index is -0.563. The fourth-order valence-electron chi connectivity index (χ4n) is 2.61. The summed E-state index contributed by atoms with van der Waals surface area (Å²) in [5, 5.41) is 0. The molecule has 0 aliphatic heterocycles. The third kappa shape index (κ3) is 5.32. The SMILES string of the molecule is COc1cccc(C(=O)Oc2ccc(C(=O)COC(=O)c3ccc(C)cc3)cc2)c1. The van der Waals surface area contributed by atoms with Gasteiger partial charge < -0.3 is 14.2 Å². The first-order valence-electron chi connectivity index (χ1n) is 9.19. The Morgan fingerprint density at radius 1 is 0.733 bits per heavy atom. The van der Waals surface area contributed by atoms with Gasteiger partial charge in [-0.3, -0.25) is 4.79 Å². The van der Waals surface area contributed by atoms with Gasteiger partial charge in [-0.05, 0) is 61.5 Å². The highest BCUT2D eigenvalue weighted by Gasteiger charge is 2.13. The minimum absolute atomic E-state index is 0.288. The lowest BCUT2D eigenvalue weighted by Gasteiger charge is -2.07. The van der Waals surface area contributed by atoms with Crippen molar-refractivity contribution in [2.75, 3.05) is 13.7 Å². The van der Waals surface area contributed by atoms with Gasteiger partial charge in [0.2, 0.25) is 0 Å². The predicted octanol–water partition coefficient (Wildman–Crippen LogP) is 4.26. The van der Waals surface area contributed by atoms with Crippen LogP contribution in [0.5, 0.6) is 11.5 Å². The van der Waals surface area contributed by atoms with Crippen molar-refractivity contribution in [3.05, 3.63) is 95.1 Å². The van der Waals surface area contributed by atoms with Crippen LogP contribution in [0.15, 0.2) is 72.8 Å². The molecule has 6 nitrogen and oxygen atoms in total. The van der Waals surface area contributed by atoms with Crippen molar-refractivity contribution in [2.45, 2.75) is 6.92 Å². The molecule has 3 rings (SSSR count). The zero-order valence-electron chi connectivity index (χ0n) is 16.6. The van der Waals surface area contributed by atoms with Crippen LogP contribution in [0.25, 0.3) is 0 Å². The second-order valence-corrected chi connectivity index (χ2v) is 6.51. The standard InChI is InChI=1S/C24H20O6/c1-16-6-8-18(9-7-16)23(26)29-15-22(25)17-10-12-20(13-11-17)30-24(27)19-4-3-5-21(14-19)28-2/h3-14H,15H2,1-2H3. The molecule has 0 fully saturated rings. The first kappa shape index (κ1) is 20.8. The van der Waals surface area contributed by atoms with Crippen molar-refractivity contribution in [1.29, 1.82) is 0 Å². The molecule has 0 aliphatic rings. The second-order valence-electron chi connectivity index (χ2n) is 6.51. The quantitative estimate of drug-likeness (QED) is 0.333. The smallest absolute Gasteiger partial charge is 0.343 e. The number of hydrogen-bond donors (Lipinski definition) is 0. The maximum Gasteiger partial charge on any atom is 0.343 e. The normalized spacial score (nSPS) is 10.2. The summed E-state index contributed by atoms with van der Waals surface area (Å²) in [5.41, 5.74) is 2.09. The average molecular weight is 404 g/mol. The summed E-state index contributed by atoms with van der Waals surface area (Å²) in [6.45, 7) is 1.53. The van der Waals surface area contributed by atoms with Gasteiger partial charge in [-0.1, -0.05) is 23.8 Å². The largest absolute Gasteiger partial charge is 0.497 e. The predicted molar refractivity (Wildman–Crippen MR) is 110 cm³/mol. The van der Waals surface area contributed by atoms with Crippen molar-refractivity contribution < 1.29 is 28.6 Å².